The minimum Gasteiger partial charge on any atom is -0.465 e. The lowest BCUT2D eigenvalue weighted by molar-refractivity contribution is 0.0607. The summed E-state index contributed by atoms with van der Waals surface area (Å²) in [5.74, 6) is -0.381. The molecule has 2 aromatic rings. The highest BCUT2D eigenvalue weighted by Gasteiger charge is 2.17. The standard InChI is InChI=1S/C14H15NO2S/c1-8-4-5-10(9(2)6-8)11-7-18-13(12(11)15)14(16)17-3/h4-7H,15H2,1-3H3. The summed E-state index contributed by atoms with van der Waals surface area (Å²) in [6, 6.07) is 6.17. The largest absolute Gasteiger partial charge is 0.465 e. The van der Waals surface area contributed by atoms with Gasteiger partial charge >= 0.3 is 5.97 Å². The van der Waals surface area contributed by atoms with Gasteiger partial charge < -0.3 is 10.5 Å². The zero-order valence-electron chi connectivity index (χ0n) is 10.6. The van der Waals surface area contributed by atoms with E-state index >= 15 is 0 Å². The second kappa shape index (κ2) is 4.82. The number of thiophene rings is 1. The van der Waals surface area contributed by atoms with Crippen molar-refractivity contribution in [3.8, 4) is 11.1 Å². The lowest BCUT2D eigenvalue weighted by Crippen LogP contribution is -2.02. The van der Waals surface area contributed by atoms with Crippen LogP contribution in [-0.4, -0.2) is 13.1 Å². The molecule has 0 radical (unpaired) electrons. The fourth-order valence-corrected chi connectivity index (χ4v) is 2.85. The van der Waals surface area contributed by atoms with Gasteiger partial charge in [0.1, 0.15) is 4.88 Å². The molecule has 0 unspecified atom stereocenters. The van der Waals surface area contributed by atoms with Crippen molar-refractivity contribution in [3.63, 3.8) is 0 Å². The monoisotopic (exact) mass is 261 g/mol. The van der Waals surface area contributed by atoms with Crippen molar-refractivity contribution in [2.24, 2.45) is 0 Å². The van der Waals surface area contributed by atoms with Gasteiger partial charge in [0.2, 0.25) is 0 Å². The SMILES string of the molecule is COC(=O)c1scc(-c2ccc(C)cc2C)c1N. The van der Waals surface area contributed by atoms with Gasteiger partial charge in [0.25, 0.3) is 0 Å². The Bertz CT molecular complexity index is 602. The first-order valence-corrected chi connectivity index (χ1v) is 6.45. The molecule has 0 aliphatic rings. The zero-order valence-corrected chi connectivity index (χ0v) is 11.4. The zero-order chi connectivity index (χ0) is 13.3. The molecule has 18 heavy (non-hydrogen) atoms. The number of carbonyl (C=O) groups excluding carboxylic acids is 1. The van der Waals surface area contributed by atoms with Crippen LogP contribution in [0, 0.1) is 13.8 Å². The third-order valence-electron chi connectivity index (χ3n) is 2.87. The summed E-state index contributed by atoms with van der Waals surface area (Å²) in [6.07, 6.45) is 0. The molecule has 0 bridgehead atoms. The summed E-state index contributed by atoms with van der Waals surface area (Å²) in [5, 5.41) is 1.90. The number of aryl methyl sites for hydroxylation is 2. The van der Waals surface area contributed by atoms with Crippen LogP contribution in [0.15, 0.2) is 23.6 Å². The fraction of sp³-hybridized carbons (Fsp3) is 0.214. The highest BCUT2D eigenvalue weighted by atomic mass is 32.1. The number of benzene rings is 1. The van der Waals surface area contributed by atoms with E-state index in [1.54, 1.807) is 0 Å². The maximum absolute atomic E-state index is 11.5. The molecule has 0 fully saturated rings. The number of esters is 1. The van der Waals surface area contributed by atoms with Gasteiger partial charge in [0, 0.05) is 10.9 Å². The molecular formula is C14H15NO2S. The number of nitrogens with two attached hydrogens (primary N) is 1. The van der Waals surface area contributed by atoms with E-state index in [-0.39, 0.29) is 5.97 Å². The Kier molecular flexibility index (Phi) is 3.39. The number of nitrogen functional groups attached to an aromatic ring is 1. The van der Waals surface area contributed by atoms with Crippen molar-refractivity contribution in [1.29, 1.82) is 0 Å². The molecule has 4 heteroatoms. The van der Waals surface area contributed by atoms with Crippen LogP contribution in [0.25, 0.3) is 11.1 Å². The lowest BCUT2D eigenvalue weighted by atomic mass is 10.00. The first-order valence-electron chi connectivity index (χ1n) is 5.57. The van der Waals surface area contributed by atoms with Gasteiger partial charge in [-0.2, -0.15) is 0 Å². The summed E-state index contributed by atoms with van der Waals surface area (Å²) >= 11 is 1.32. The first kappa shape index (κ1) is 12.6. The topological polar surface area (TPSA) is 52.3 Å². The highest BCUT2D eigenvalue weighted by Crippen LogP contribution is 2.36. The number of rotatable bonds is 2. The average Bonchev–Trinajstić information content (AvgIpc) is 2.70. The molecule has 0 saturated carbocycles. The van der Waals surface area contributed by atoms with E-state index in [0.717, 1.165) is 16.7 Å². The van der Waals surface area contributed by atoms with Crippen molar-refractivity contribution in [2.45, 2.75) is 13.8 Å². The van der Waals surface area contributed by atoms with Crippen LogP contribution in [0.4, 0.5) is 5.69 Å². The number of carbonyl (C=O) groups is 1. The van der Waals surface area contributed by atoms with Crippen molar-refractivity contribution in [2.75, 3.05) is 12.8 Å². The van der Waals surface area contributed by atoms with E-state index in [1.165, 1.54) is 24.0 Å². The third kappa shape index (κ3) is 2.11. The predicted octanol–water partition coefficient (Wildman–Crippen LogP) is 3.40. The highest BCUT2D eigenvalue weighted by molar-refractivity contribution is 7.13. The van der Waals surface area contributed by atoms with Gasteiger partial charge in [0.05, 0.1) is 12.8 Å². The molecule has 0 aliphatic carbocycles. The second-order valence-electron chi connectivity index (χ2n) is 4.20. The Morgan fingerprint density at radius 2 is 2.00 bits per heavy atom. The normalized spacial score (nSPS) is 10.4. The molecule has 94 valence electrons. The summed E-state index contributed by atoms with van der Waals surface area (Å²) in [4.78, 5) is 12.0. The van der Waals surface area contributed by atoms with Gasteiger partial charge in [-0.05, 0) is 25.0 Å². The van der Waals surface area contributed by atoms with Crippen LogP contribution < -0.4 is 5.73 Å². The van der Waals surface area contributed by atoms with Crippen molar-refractivity contribution in [3.05, 3.63) is 39.6 Å². The molecule has 1 aromatic carbocycles. The number of hydrogen-bond donors (Lipinski definition) is 1. The Balaban J connectivity index is 2.52. The minimum absolute atomic E-state index is 0.381. The molecule has 0 aliphatic heterocycles. The molecule has 0 atom stereocenters. The maximum Gasteiger partial charge on any atom is 0.350 e. The lowest BCUT2D eigenvalue weighted by Gasteiger charge is -2.06. The smallest absolute Gasteiger partial charge is 0.350 e. The second-order valence-corrected chi connectivity index (χ2v) is 5.08. The molecule has 2 N–H and O–H groups in total. The van der Waals surface area contributed by atoms with Gasteiger partial charge in [-0.25, -0.2) is 4.79 Å². The fourth-order valence-electron chi connectivity index (χ4n) is 1.94. The molecule has 1 heterocycles. The first-order chi connectivity index (χ1) is 8.54. The maximum atomic E-state index is 11.5. The molecule has 0 amide bonds. The van der Waals surface area contributed by atoms with Crippen LogP contribution in [0.1, 0.15) is 20.8 Å². The van der Waals surface area contributed by atoms with E-state index in [0.29, 0.717) is 10.6 Å². The van der Waals surface area contributed by atoms with Crippen molar-refractivity contribution >= 4 is 23.0 Å². The van der Waals surface area contributed by atoms with Gasteiger partial charge in [-0.1, -0.05) is 23.8 Å². The minimum atomic E-state index is -0.381. The van der Waals surface area contributed by atoms with Crippen LogP contribution in [0.2, 0.25) is 0 Å². The molecule has 2 rings (SSSR count). The van der Waals surface area contributed by atoms with Gasteiger partial charge in [-0.3, -0.25) is 0 Å². The van der Waals surface area contributed by atoms with Gasteiger partial charge in [-0.15, -0.1) is 11.3 Å². The van der Waals surface area contributed by atoms with E-state index in [2.05, 4.69) is 6.07 Å². The molecule has 0 saturated heterocycles. The van der Waals surface area contributed by atoms with Gasteiger partial charge in [0.15, 0.2) is 0 Å². The molecule has 0 spiro atoms. The third-order valence-corrected chi connectivity index (χ3v) is 3.85. The number of ether oxygens (including phenoxy) is 1. The Morgan fingerprint density at radius 3 is 2.61 bits per heavy atom. The van der Waals surface area contributed by atoms with Crippen molar-refractivity contribution in [1.82, 2.24) is 0 Å². The summed E-state index contributed by atoms with van der Waals surface area (Å²) in [5.41, 5.74) is 10.8. The summed E-state index contributed by atoms with van der Waals surface area (Å²) < 4.78 is 4.71. The molecular weight excluding hydrogens is 246 g/mol. The number of anilines is 1. The van der Waals surface area contributed by atoms with Crippen LogP contribution in [-0.2, 0) is 4.74 Å². The number of methoxy groups -OCH3 is 1. The van der Waals surface area contributed by atoms with E-state index < -0.39 is 0 Å². The van der Waals surface area contributed by atoms with E-state index in [9.17, 15) is 4.79 Å². The average molecular weight is 261 g/mol. The quantitative estimate of drug-likeness (QED) is 0.843. The van der Waals surface area contributed by atoms with Crippen LogP contribution in [0.5, 0.6) is 0 Å². The predicted molar refractivity (Wildman–Crippen MR) is 75.0 cm³/mol. The number of hydrogen-bond acceptors (Lipinski definition) is 4. The van der Waals surface area contributed by atoms with Crippen molar-refractivity contribution < 1.29 is 9.53 Å². The Morgan fingerprint density at radius 1 is 1.28 bits per heavy atom. The van der Waals surface area contributed by atoms with Crippen LogP contribution >= 0.6 is 11.3 Å². The molecule has 1 aromatic heterocycles. The Labute approximate surface area is 110 Å². The summed E-state index contributed by atoms with van der Waals surface area (Å²) in [7, 11) is 1.36. The Hall–Kier alpha value is -1.81. The summed E-state index contributed by atoms with van der Waals surface area (Å²) in [6.45, 7) is 4.09. The molecule has 3 nitrogen and oxygen atoms in total. The van der Waals surface area contributed by atoms with E-state index in [4.69, 9.17) is 10.5 Å². The van der Waals surface area contributed by atoms with Crippen LogP contribution in [0.3, 0.4) is 0 Å². The van der Waals surface area contributed by atoms with E-state index in [1.807, 2.05) is 31.4 Å².